The SMILES string of the molecule is O=C(O)CCCCn1ccc2c(C(=O)NCc3ccc(C(F)(F)F)c(F)c3)c(Cl)ccc2c1=O. The average Bonchev–Trinajstić information content (AvgIpc) is 2.75. The molecule has 2 N–H and O–H groups in total. The van der Waals surface area contributed by atoms with Crippen LogP contribution in [0.3, 0.4) is 0 Å². The highest BCUT2D eigenvalue weighted by Crippen LogP contribution is 2.31. The van der Waals surface area contributed by atoms with Crippen LogP contribution >= 0.6 is 11.6 Å². The Balaban J connectivity index is 1.80. The maximum atomic E-state index is 13.8. The van der Waals surface area contributed by atoms with Crippen molar-refractivity contribution in [3.63, 3.8) is 0 Å². The Morgan fingerprint density at radius 1 is 1.06 bits per heavy atom. The highest BCUT2D eigenvalue weighted by Gasteiger charge is 2.33. The number of hydrogen-bond acceptors (Lipinski definition) is 3. The number of pyridine rings is 1. The number of aryl methyl sites for hydroxylation is 1. The van der Waals surface area contributed by atoms with E-state index in [1.807, 2.05) is 0 Å². The fourth-order valence-electron chi connectivity index (χ4n) is 3.47. The summed E-state index contributed by atoms with van der Waals surface area (Å²) in [6.45, 7) is 0.0347. The topological polar surface area (TPSA) is 88.4 Å². The summed E-state index contributed by atoms with van der Waals surface area (Å²) in [4.78, 5) is 36.2. The largest absolute Gasteiger partial charge is 0.481 e. The third-order valence-electron chi connectivity index (χ3n) is 5.17. The molecule has 0 saturated carbocycles. The summed E-state index contributed by atoms with van der Waals surface area (Å²) in [5, 5.41) is 11.7. The zero-order valence-corrected chi connectivity index (χ0v) is 18.3. The van der Waals surface area contributed by atoms with E-state index in [0.29, 0.717) is 31.5 Å². The molecule has 1 heterocycles. The number of rotatable bonds is 8. The van der Waals surface area contributed by atoms with Crippen LogP contribution in [0.1, 0.15) is 40.7 Å². The zero-order valence-electron chi connectivity index (χ0n) is 17.6. The Kier molecular flexibility index (Phi) is 7.61. The van der Waals surface area contributed by atoms with Crippen molar-refractivity contribution in [2.75, 3.05) is 0 Å². The van der Waals surface area contributed by atoms with Crippen LogP contribution in [0.4, 0.5) is 17.6 Å². The molecule has 0 unspecified atom stereocenters. The number of carboxylic acids is 1. The highest BCUT2D eigenvalue weighted by atomic mass is 35.5. The molecule has 0 aliphatic carbocycles. The molecule has 3 aromatic rings. The van der Waals surface area contributed by atoms with Crippen molar-refractivity contribution in [1.29, 1.82) is 0 Å². The molecule has 0 aliphatic heterocycles. The summed E-state index contributed by atoms with van der Waals surface area (Å²) >= 11 is 6.19. The number of fused-ring (bicyclic) bond motifs is 1. The quantitative estimate of drug-likeness (QED) is 0.338. The molecular weight excluding hydrogens is 480 g/mol. The first-order valence-corrected chi connectivity index (χ1v) is 10.5. The third-order valence-corrected chi connectivity index (χ3v) is 5.48. The summed E-state index contributed by atoms with van der Waals surface area (Å²) in [7, 11) is 0. The van der Waals surface area contributed by atoms with Crippen molar-refractivity contribution in [2.45, 2.75) is 38.5 Å². The second kappa shape index (κ2) is 10.3. The third kappa shape index (κ3) is 5.74. The van der Waals surface area contributed by atoms with Gasteiger partial charge in [0.05, 0.1) is 16.1 Å². The molecule has 0 aliphatic rings. The first kappa shape index (κ1) is 25.2. The Labute approximate surface area is 195 Å². The van der Waals surface area contributed by atoms with Crippen LogP contribution in [0.15, 0.2) is 47.4 Å². The van der Waals surface area contributed by atoms with Gasteiger partial charge in [-0.25, -0.2) is 4.39 Å². The number of unbranched alkanes of at least 4 members (excludes halogenated alkanes) is 1. The summed E-state index contributed by atoms with van der Waals surface area (Å²) < 4.78 is 53.3. The number of nitrogens with zero attached hydrogens (tertiary/aromatic N) is 1. The molecule has 0 radical (unpaired) electrons. The number of alkyl halides is 3. The standard InChI is InChI=1S/C23H19ClF4N2O4/c24-17-7-5-15-14(8-10-30(22(15)34)9-2-1-3-19(31)32)20(17)21(33)29-12-13-4-6-16(18(25)11-13)23(26,27)28/h4-8,10-11H,1-3,9,12H2,(H,29,33)(H,31,32). The lowest BCUT2D eigenvalue weighted by atomic mass is 10.0. The minimum absolute atomic E-state index is 0.00155. The molecule has 0 saturated heterocycles. The summed E-state index contributed by atoms with van der Waals surface area (Å²) in [5.41, 5.74) is -1.68. The first-order chi connectivity index (χ1) is 16.0. The van der Waals surface area contributed by atoms with Gasteiger partial charge in [-0.05, 0) is 48.7 Å². The maximum Gasteiger partial charge on any atom is 0.419 e. The Morgan fingerprint density at radius 3 is 2.44 bits per heavy atom. The number of amides is 1. The van der Waals surface area contributed by atoms with Gasteiger partial charge in [-0.2, -0.15) is 13.2 Å². The Hall–Kier alpha value is -3.40. The van der Waals surface area contributed by atoms with Crippen LogP contribution in [-0.2, 0) is 24.1 Å². The van der Waals surface area contributed by atoms with Gasteiger partial charge in [-0.15, -0.1) is 0 Å². The lowest BCUT2D eigenvalue weighted by Gasteiger charge is -2.13. The van der Waals surface area contributed by atoms with E-state index in [1.54, 1.807) is 0 Å². The van der Waals surface area contributed by atoms with E-state index < -0.39 is 29.4 Å². The molecular formula is C23H19ClF4N2O4. The van der Waals surface area contributed by atoms with Crippen LogP contribution in [0, 0.1) is 5.82 Å². The van der Waals surface area contributed by atoms with Crippen molar-refractivity contribution >= 4 is 34.2 Å². The fraction of sp³-hybridized carbons (Fsp3) is 0.261. The van der Waals surface area contributed by atoms with Crippen molar-refractivity contribution in [3.8, 4) is 0 Å². The number of benzene rings is 2. The van der Waals surface area contributed by atoms with Gasteiger partial charge in [0.25, 0.3) is 11.5 Å². The maximum absolute atomic E-state index is 13.8. The van der Waals surface area contributed by atoms with Crippen molar-refractivity contribution < 1.29 is 32.3 Å². The minimum atomic E-state index is -4.83. The average molecular weight is 499 g/mol. The summed E-state index contributed by atoms with van der Waals surface area (Å²) in [5.74, 6) is -3.06. The van der Waals surface area contributed by atoms with E-state index in [2.05, 4.69) is 5.32 Å². The van der Waals surface area contributed by atoms with Crippen LogP contribution in [0.25, 0.3) is 10.8 Å². The number of carbonyl (C=O) groups is 2. The number of halogens is 5. The van der Waals surface area contributed by atoms with Gasteiger partial charge in [-0.3, -0.25) is 14.4 Å². The van der Waals surface area contributed by atoms with E-state index in [4.69, 9.17) is 16.7 Å². The molecule has 2 aromatic carbocycles. The molecule has 3 rings (SSSR count). The van der Waals surface area contributed by atoms with Gasteiger partial charge in [-0.1, -0.05) is 17.7 Å². The predicted octanol–water partition coefficient (Wildman–Crippen LogP) is 5.00. The lowest BCUT2D eigenvalue weighted by molar-refractivity contribution is -0.140. The smallest absolute Gasteiger partial charge is 0.419 e. The Bertz CT molecular complexity index is 1300. The molecule has 0 bridgehead atoms. The number of nitrogens with one attached hydrogen (secondary N) is 1. The first-order valence-electron chi connectivity index (χ1n) is 10.2. The van der Waals surface area contributed by atoms with Gasteiger partial charge >= 0.3 is 12.1 Å². The minimum Gasteiger partial charge on any atom is -0.481 e. The molecule has 0 fully saturated rings. The van der Waals surface area contributed by atoms with E-state index >= 15 is 0 Å². The lowest BCUT2D eigenvalue weighted by Crippen LogP contribution is -2.25. The van der Waals surface area contributed by atoms with E-state index in [0.717, 1.165) is 6.07 Å². The Morgan fingerprint density at radius 2 is 1.79 bits per heavy atom. The second-order valence-electron chi connectivity index (χ2n) is 7.54. The second-order valence-corrected chi connectivity index (χ2v) is 7.95. The molecule has 6 nitrogen and oxygen atoms in total. The monoisotopic (exact) mass is 498 g/mol. The fourth-order valence-corrected chi connectivity index (χ4v) is 3.72. The van der Waals surface area contributed by atoms with E-state index in [-0.39, 0.29) is 45.4 Å². The number of aliphatic carboxylic acids is 1. The summed E-state index contributed by atoms with van der Waals surface area (Å²) in [6, 6.07) is 6.73. The van der Waals surface area contributed by atoms with Gasteiger partial charge in [0.15, 0.2) is 0 Å². The van der Waals surface area contributed by atoms with E-state index in [9.17, 15) is 31.9 Å². The van der Waals surface area contributed by atoms with E-state index in [1.165, 1.54) is 29.0 Å². The molecule has 1 aromatic heterocycles. The zero-order chi connectivity index (χ0) is 25.0. The number of carbonyl (C=O) groups excluding carboxylic acids is 1. The van der Waals surface area contributed by atoms with Crippen molar-refractivity contribution in [1.82, 2.24) is 9.88 Å². The molecule has 0 spiro atoms. The molecule has 11 heteroatoms. The number of carboxylic acid groups (broad SMARTS) is 1. The summed E-state index contributed by atoms with van der Waals surface area (Å²) in [6.07, 6.45) is -2.48. The molecule has 180 valence electrons. The van der Waals surface area contributed by atoms with Crippen LogP contribution in [-0.4, -0.2) is 21.6 Å². The van der Waals surface area contributed by atoms with Crippen LogP contribution in [0.2, 0.25) is 5.02 Å². The number of hydrogen-bond donors (Lipinski definition) is 2. The van der Waals surface area contributed by atoms with Crippen molar-refractivity contribution in [3.05, 3.63) is 80.5 Å². The van der Waals surface area contributed by atoms with Gasteiger partial charge in [0, 0.05) is 36.5 Å². The predicted molar refractivity (Wildman–Crippen MR) is 117 cm³/mol. The molecule has 1 amide bonds. The van der Waals surface area contributed by atoms with Gasteiger partial charge < -0.3 is 15.0 Å². The van der Waals surface area contributed by atoms with Crippen molar-refractivity contribution in [2.24, 2.45) is 0 Å². The van der Waals surface area contributed by atoms with Crippen LogP contribution in [0.5, 0.6) is 0 Å². The van der Waals surface area contributed by atoms with Gasteiger partial charge in [0.2, 0.25) is 0 Å². The molecule has 0 atom stereocenters. The highest BCUT2D eigenvalue weighted by molar-refractivity contribution is 6.35. The van der Waals surface area contributed by atoms with Gasteiger partial charge in [0.1, 0.15) is 5.82 Å². The molecule has 34 heavy (non-hydrogen) atoms. The number of aromatic nitrogens is 1. The van der Waals surface area contributed by atoms with Crippen LogP contribution < -0.4 is 10.9 Å². The normalized spacial score (nSPS) is 11.6.